The number of ketones is 1. The fourth-order valence-electron chi connectivity index (χ4n) is 4.43. The van der Waals surface area contributed by atoms with Gasteiger partial charge in [-0.2, -0.15) is 0 Å². The lowest BCUT2D eigenvalue weighted by Crippen LogP contribution is -2.53. The summed E-state index contributed by atoms with van der Waals surface area (Å²) in [5.74, 6) is -0.300. The molecule has 4 aliphatic carbocycles. The monoisotopic (exact) mass is 245 g/mol. The number of nitrogens with zero attached hydrogens (tertiary/aromatic N) is 1. The zero-order chi connectivity index (χ0) is 12.5. The van der Waals surface area contributed by atoms with Crippen LogP contribution in [0.3, 0.4) is 0 Å². The van der Waals surface area contributed by atoms with Gasteiger partial charge >= 0.3 is 0 Å². The molecule has 4 rings (SSSR count). The maximum absolute atomic E-state index is 12.3. The Morgan fingerprint density at radius 3 is 2.61 bits per heavy atom. The van der Waals surface area contributed by atoms with Crippen LogP contribution in [0.1, 0.15) is 12.8 Å². The number of carbonyl (C=O) groups is 1. The highest BCUT2D eigenvalue weighted by molar-refractivity contribution is 6.05. The van der Waals surface area contributed by atoms with Crippen molar-refractivity contribution in [1.82, 2.24) is 0 Å². The number of hydrogen-bond acceptors (Lipinski definition) is 4. The van der Waals surface area contributed by atoms with Crippen LogP contribution in [0, 0.1) is 29.6 Å². The molecule has 4 aliphatic rings. The van der Waals surface area contributed by atoms with Crippen molar-refractivity contribution in [1.29, 1.82) is 0 Å². The minimum atomic E-state index is -1.25. The first-order chi connectivity index (χ1) is 8.66. The van der Waals surface area contributed by atoms with E-state index in [0.29, 0.717) is 5.71 Å². The van der Waals surface area contributed by atoms with E-state index in [4.69, 9.17) is 0 Å². The van der Waals surface area contributed by atoms with Crippen molar-refractivity contribution >= 4 is 11.5 Å². The van der Waals surface area contributed by atoms with Crippen LogP contribution in [0.4, 0.5) is 0 Å². The average molecular weight is 245 g/mol. The second kappa shape index (κ2) is 3.12. The Balaban J connectivity index is 1.82. The highest BCUT2D eigenvalue weighted by Gasteiger charge is 2.64. The first kappa shape index (κ1) is 10.5. The molecule has 0 unspecified atom stereocenters. The Bertz CT molecular complexity index is 521. The summed E-state index contributed by atoms with van der Waals surface area (Å²) in [5.41, 5.74) is -0.857. The van der Waals surface area contributed by atoms with Gasteiger partial charge in [0.1, 0.15) is 11.4 Å². The molecule has 0 saturated heterocycles. The molecule has 4 heteroatoms. The highest BCUT2D eigenvalue weighted by atomic mass is 16.4. The molecule has 0 aromatic heterocycles. The van der Waals surface area contributed by atoms with Crippen LogP contribution in [-0.2, 0) is 4.79 Å². The molecule has 18 heavy (non-hydrogen) atoms. The zero-order valence-corrected chi connectivity index (χ0v) is 9.86. The first-order valence-corrected chi connectivity index (χ1v) is 6.51. The Labute approximate surface area is 105 Å². The van der Waals surface area contributed by atoms with E-state index in [1.807, 2.05) is 24.3 Å². The molecule has 0 aromatic carbocycles. The molecule has 2 saturated carbocycles. The van der Waals surface area contributed by atoms with Gasteiger partial charge in [-0.15, -0.1) is 0 Å². The third kappa shape index (κ3) is 0.973. The molecule has 0 amide bonds. The summed E-state index contributed by atoms with van der Waals surface area (Å²) in [6.07, 6.45) is 9.52. The Kier molecular flexibility index (Phi) is 1.82. The molecule has 4 bridgehead atoms. The van der Waals surface area contributed by atoms with E-state index in [2.05, 4.69) is 5.16 Å². The van der Waals surface area contributed by atoms with Crippen LogP contribution in [0.15, 0.2) is 29.5 Å². The maximum Gasteiger partial charge on any atom is 0.146 e. The number of allylic oxidation sites excluding steroid dienone is 3. The zero-order valence-electron chi connectivity index (χ0n) is 9.86. The summed E-state index contributed by atoms with van der Waals surface area (Å²) in [4.78, 5) is 12.3. The van der Waals surface area contributed by atoms with Gasteiger partial charge in [-0.1, -0.05) is 29.5 Å². The van der Waals surface area contributed by atoms with E-state index < -0.39 is 11.5 Å². The van der Waals surface area contributed by atoms with E-state index in [1.165, 1.54) is 0 Å². The summed E-state index contributed by atoms with van der Waals surface area (Å²) < 4.78 is 0. The van der Waals surface area contributed by atoms with Crippen molar-refractivity contribution in [3.8, 4) is 0 Å². The quantitative estimate of drug-likeness (QED) is 0.413. The predicted octanol–water partition coefficient (Wildman–Crippen LogP) is 1.14. The summed E-state index contributed by atoms with van der Waals surface area (Å²) in [7, 11) is 0. The van der Waals surface area contributed by atoms with Crippen molar-refractivity contribution in [3.05, 3.63) is 24.3 Å². The predicted molar refractivity (Wildman–Crippen MR) is 64.1 cm³/mol. The van der Waals surface area contributed by atoms with Crippen molar-refractivity contribution in [3.63, 3.8) is 0 Å². The van der Waals surface area contributed by atoms with E-state index >= 15 is 0 Å². The van der Waals surface area contributed by atoms with Gasteiger partial charge in [0.15, 0.2) is 0 Å². The number of oxime groups is 1. The third-order valence-corrected chi connectivity index (χ3v) is 5.21. The molecular weight excluding hydrogens is 230 g/mol. The average Bonchev–Trinajstić information content (AvgIpc) is 3.06. The second-order valence-electron chi connectivity index (χ2n) is 5.92. The molecular formula is C14H15NO3. The SMILES string of the molecule is O=C1[C@H]2C=C[C@@H](C2)[C@H]1[C@]1(O)/C(=N\O)[C@H]2C=C[C@H]1C2. The van der Waals surface area contributed by atoms with Crippen molar-refractivity contribution < 1.29 is 15.1 Å². The number of carbonyl (C=O) groups excluding carboxylic acids is 1. The van der Waals surface area contributed by atoms with E-state index in [-0.39, 0.29) is 29.5 Å². The smallest absolute Gasteiger partial charge is 0.146 e. The van der Waals surface area contributed by atoms with Gasteiger partial charge in [0.2, 0.25) is 0 Å². The van der Waals surface area contributed by atoms with Crippen molar-refractivity contribution in [2.75, 3.05) is 0 Å². The van der Waals surface area contributed by atoms with Gasteiger partial charge in [0.05, 0.1) is 11.6 Å². The largest absolute Gasteiger partial charge is 0.411 e. The van der Waals surface area contributed by atoms with E-state index in [9.17, 15) is 15.1 Å². The van der Waals surface area contributed by atoms with Crippen LogP contribution >= 0.6 is 0 Å². The van der Waals surface area contributed by atoms with E-state index in [0.717, 1.165) is 12.8 Å². The van der Waals surface area contributed by atoms with Gasteiger partial charge in [0.25, 0.3) is 0 Å². The number of hydrogen-bond donors (Lipinski definition) is 2. The molecule has 4 nitrogen and oxygen atoms in total. The Hall–Kier alpha value is -1.42. The summed E-state index contributed by atoms with van der Waals surface area (Å²) in [6.45, 7) is 0. The molecule has 6 atom stereocenters. The molecule has 0 radical (unpaired) electrons. The van der Waals surface area contributed by atoms with E-state index in [1.54, 1.807) is 0 Å². The van der Waals surface area contributed by atoms with Crippen LogP contribution in [-0.4, -0.2) is 27.4 Å². The molecule has 0 heterocycles. The number of rotatable bonds is 1. The lowest BCUT2D eigenvalue weighted by Gasteiger charge is -2.38. The Morgan fingerprint density at radius 2 is 1.94 bits per heavy atom. The second-order valence-corrected chi connectivity index (χ2v) is 5.92. The summed E-state index contributed by atoms with van der Waals surface area (Å²) >= 11 is 0. The molecule has 0 aromatic rings. The molecule has 2 fully saturated rings. The number of aliphatic hydroxyl groups is 1. The lowest BCUT2D eigenvalue weighted by atomic mass is 9.70. The molecule has 2 N–H and O–H groups in total. The van der Waals surface area contributed by atoms with Crippen LogP contribution in [0.2, 0.25) is 0 Å². The van der Waals surface area contributed by atoms with Crippen LogP contribution in [0.25, 0.3) is 0 Å². The van der Waals surface area contributed by atoms with Gasteiger partial charge in [0, 0.05) is 17.8 Å². The van der Waals surface area contributed by atoms with Gasteiger partial charge < -0.3 is 10.3 Å². The first-order valence-electron chi connectivity index (χ1n) is 6.51. The molecule has 0 spiro atoms. The maximum atomic E-state index is 12.3. The van der Waals surface area contributed by atoms with Crippen LogP contribution in [0.5, 0.6) is 0 Å². The standard InChI is InChI=1S/C14H15NO3/c16-12-8-2-1-7(5-8)11(12)14(17)10-4-3-9(6-10)13(14)15-18/h1-4,7-11,17-18H,5-6H2/b15-13-/t7-,8-,9-,10-,11+,14-/m0/s1. The third-order valence-electron chi connectivity index (χ3n) is 5.21. The fraction of sp³-hybridized carbons (Fsp3) is 0.571. The minimum Gasteiger partial charge on any atom is -0.411 e. The fourth-order valence-corrected chi connectivity index (χ4v) is 4.43. The van der Waals surface area contributed by atoms with Crippen molar-refractivity contribution in [2.24, 2.45) is 34.7 Å². The van der Waals surface area contributed by atoms with Crippen molar-refractivity contribution in [2.45, 2.75) is 18.4 Å². The van der Waals surface area contributed by atoms with Gasteiger partial charge in [-0.25, -0.2) is 0 Å². The number of fused-ring (bicyclic) bond motifs is 4. The highest BCUT2D eigenvalue weighted by Crippen LogP contribution is 2.55. The minimum absolute atomic E-state index is 0.000839. The number of Topliss-reactive ketones (excluding diaryl/α,β-unsaturated/α-hetero) is 1. The molecule has 94 valence electrons. The Morgan fingerprint density at radius 1 is 1.17 bits per heavy atom. The van der Waals surface area contributed by atoms with Gasteiger partial charge in [-0.05, 0) is 18.8 Å². The topological polar surface area (TPSA) is 69.9 Å². The normalized spacial score (nSPS) is 54.2. The summed E-state index contributed by atoms with van der Waals surface area (Å²) in [5, 5.41) is 23.6. The molecule has 0 aliphatic heterocycles. The van der Waals surface area contributed by atoms with Gasteiger partial charge in [-0.3, -0.25) is 4.79 Å². The van der Waals surface area contributed by atoms with Crippen LogP contribution < -0.4 is 0 Å². The lowest BCUT2D eigenvalue weighted by molar-refractivity contribution is -0.130. The summed E-state index contributed by atoms with van der Waals surface area (Å²) in [6, 6.07) is 0.